The van der Waals surface area contributed by atoms with E-state index in [0.29, 0.717) is 6.42 Å². The van der Waals surface area contributed by atoms with E-state index in [2.05, 4.69) is 15.7 Å². The molecule has 1 heterocycles. The van der Waals surface area contributed by atoms with E-state index in [1.165, 1.54) is 6.07 Å². The predicted molar refractivity (Wildman–Crippen MR) is 108 cm³/mol. The van der Waals surface area contributed by atoms with E-state index < -0.39 is 50.9 Å². The van der Waals surface area contributed by atoms with Gasteiger partial charge in [0.15, 0.2) is 0 Å². The summed E-state index contributed by atoms with van der Waals surface area (Å²) >= 11 is 0. The number of nitrogens with zero attached hydrogens (tertiary/aromatic N) is 4. The summed E-state index contributed by atoms with van der Waals surface area (Å²) in [6, 6.07) is 3.26. The highest BCUT2D eigenvalue weighted by molar-refractivity contribution is 7.65. The van der Waals surface area contributed by atoms with E-state index >= 15 is 0 Å². The van der Waals surface area contributed by atoms with Crippen LogP contribution in [0.1, 0.15) is 23.2 Å². The molecule has 6 N–H and O–H groups in total. The van der Waals surface area contributed by atoms with Crippen molar-refractivity contribution in [1.82, 2.24) is 15.1 Å². The standard InChI is InChI=1S/C14H21N6O10P2/c15-18-9-1-3-12(20(22)23)11(7-9)14(21)17-6-5-16-13-4-2-10(30-13)8-19(31(24,25)26)32(27,28)29/h1,3,7,10,13,16H,2,4-6,8H2,(H,17,21)(H2,24,25,26)(H2,27,28,29)/q-1. The highest BCUT2D eigenvalue weighted by Gasteiger charge is 2.42. The lowest BCUT2D eigenvalue weighted by Gasteiger charge is -2.26. The summed E-state index contributed by atoms with van der Waals surface area (Å²) in [6.45, 7) is -0.501. The molecule has 2 rings (SSSR count). The molecule has 32 heavy (non-hydrogen) atoms. The minimum Gasteiger partial charge on any atom is -0.706 e. The van der Waals surface area contributed by atoms with Crippen LogP contribution in [-0.2, 0) is 13.9 Å². The van der Waals surface area contributed by atoms with E-state index in [-0.39, 0.29) is 35.2 Å². The zero-order valence-corrected chi connectivity index (χ0v) is 18.1. The summed E-state index contributed by atoms with van der Waals surface area (Å²) in [5.41, 5.74) is 7.98. The molecule has 1 fully saturated rings. The van der Waals surface area contributed by atoms with Crippen molar-refractivity contribution in [2.45, 2.75) is 25.2 Å². The SMILES string of the molecule is [N-]=Nc1ccc([N+](=O)[O-])c(C(=O)NCCNC2CCC(CN(P(=O)(O)O)P(=O)(O)O)O2)c1. The molecular weight excluding hydrogens is 474 g/mol. The van der Waals surface area contributed by atoms with Crippen LogP contribution in [0.5, 0.6) is 0 Å². The Morgan fingerprint density at radius 1 is 1.25 bits per heavy atom. The van der Waals surface area contributed by atoms with Gasteiger partial charge >= 0.3 is 15.5 Å². The average Bonchev–Trinajstić information content (AvgIpc) is 3.14. The Balaban J connectivity index is 1.84. The molecule has 18 heteroatoms. The van der Waals surface area contributed by atoms with Crippen LogP contribution in [0, 0.1) is 10.1 Å². The Hall–Kier alpha value is -2.13. The van der Waals surface area contributed by atoms with E-state index in [1.807, 2.05) is 0 Å². The first-order valence-corrected chi connectivity index (χ1v) is 12.2. The maximum Gasteiger partial charge on any atom is 0.412 e. The van der Waals surface area contributed by atoms with Crippen LogP contribution >= 0.6 is 15.5 Å². The second-order valence-corrected chi connectivity index (χ2v) is 10.0. The maximum atomic E-state index is 12.2. The number of ether oxygens (including phenoxy) is 1. The van der Waals surface area contributed by atoms with Gasteiger partial charge in [0.05, 0.1) is 11.0 Å². The fraction of sp³-hybridized carbons (Fsp3) is 0.500. The lowest BCUT2D eigenvalue weighted by molar-refractivity contribution is -0.385. The van der Waals surface area contributed by atoms with Crippen LogP contribution < -0.4 is 10.6 Å². The molecule has 1 amide bonds. The van der Waals surface area contributed by atoms with Gasteiger partial charge in [0.25, 0.3) is 11.6 Å². The van der Waals surface area contributed by atoms with Crippen molar-refractivity contribution in [3.63, 3.8) is 0 Å². The van der Waals surface area contributed by atoms with Crippen LogP contribution in [0.25, 0.3) is 5.53 Å². The second kappa shape index (κ2) is 10.7. The molecule has 1 aliphatic rings. The second-order valence-electron chi connectivity index (χ2n) is 6.67. The summed E-state index contributed by atoms with van der Waals surface area (Å²) in [7, 11) is -10.4. The van der Waals surface area contributed by atoms with Crippen molar-refractivity contribution in [2.75, 3.05) is 19.6 Å². The van der Waals surface area contributed by atoms with E-state index in [0.717, 1.165) is 12.1 Å². The summed E-state index contributed by atoms with van der Waals surface area (Å²) in [6.07, 6.45) is -0.808. The number of carbonyl (C=O) groups excluding carboxylic acids is 1. The number of carbonyl (C=O) groups is 1. The molecule has 1 aromatic carbocycles. The van der Waals surface area contributed by atoms with Gasteiger partial charge in [0.1, 0.15) is 11.8 Å². The number of rotatable bonds is 11. The van der Waals surface area contributed by atoms with Crippen molar-refractivity contribution >= 4 is 32.8 Å². The smallest absolute Gasteiger partial charge is 0.412 e. The Kier molecular flexibility index (Phi) is 8.70. The summed E-state index contributed by atoms with van der Waals surface area (Å²) in [5.74, 6) is -0.770. The van der Waals surface area contributed by atoms with Crippen molar-refractivity contribution in [3.05, 3.63) is 39.4 Å². The van der Waals surface area contributed by atoms with Gasteiger partial charge in [0.2, 0.25) is 0 Å². The van der Waals surface area contributed by atoms with Gasteiger partial charge in [-0.1, -0.05) is 0 Å². The molecule has 0 bridgehead atoms. The van der Waals surface area contributed by atoms with Crippen molar-refractivity contribution < 1.29 is 43.2 Å². The minimum absolute atomic E-state index is 0.0259. The molecule has 0 aromatic heterocycles. The first-order chi connectivity index (χ1) is 14.8. The maximum absolute atomic E-state index is 12.2. The Labute approximate surface area is 181 Å². The molecule has 1 aliphatic heterocycles. The number of nitro groups is 1. The van der Waals surface area contributed by atoms with Crippen molar-refractivity contribution in [2.24, 2.45) is 5.11 Å². The molecule has 1 aromatic rings. The highest BCUT2D eigenvalue weighted by atomic mass is 31.3. The number of hydrogen-bond donors (Lipinski definition) is 6. The van der Waals surface area contributed by atoms with Gasteiger partial charge in [-0.3, -0.25) is 20.2 Å². The minimum atomic E-state index is -5.20. The fourth-order valence-corrected chi connectivity index (χ4v) is 4.97. The molecule has 16 nitrogen and oxygen atoms in total. The Morgan fingerprint density at radius 3 is 2.47 bits per heavy atom. The van der Waals surface area contributed by atoms with Gasteiger partial charge in [-0.25, -0.2) is 9.13 Å². The molecule has 0 aliphatic carbocycles. The molecular formula is C14H21N6O10P2-. The normalized spacial score (nSPS) is 19.2. The lowest BCUT2D eigenvalue weighted by atomic mass is 10.1. The number of hydrogen-bond acceptors (Lipinski definition) is 8. The highest BCUT2D eigenvalue weighted by Crippen LogP contribution is 2.58. The quantitative estimate of drug-likeness (QED) is 0.0810. The average molecular weight is 495 g/mol. The van der Waals surface area contributed by atoms with Gasteiger partial charge in [-0.15, -0.1) is 4.44 Å². The predicted octanol–water partition coefficient (Wildman–Crippen LogP) is 0.560. The third-order valence-corrected chi connectivity index (χ3v) is 7.32. The molecule has 0 radical (unpaired) electrons. The fourth-order valence-electron chi connectivity index (χ4n) is 2.97. The molecule has 1 saturated heterocycles. The Bertz CT molecular complexity index is 943. The molecule has 0 saturated carbocycles. The van der Waals surface area contributed by atoms with Crippen molar-refractivity contribution in [1.29, 1.82) is 0 Å². The van der Waals surface area contributed by atoms with Crippen molar-refractivity contribution in [3.8, 4) is 0 Å². The van der Waals surface area contributed by atoms with Crippen LogP contribution in [0.2, 0.25) is 0 Å². The van der Waals surface area contributed by atoms with Gasteiger partial charge < -0.3 is 40.3 Å². The summed E-state index contributed by atoms with van der Waals surface area (Å²) in [4.78, 5) is 59.0. The monoisotopic (exact) mass is 495 g/mol. The van der Waals surface area contributed by atoms with Crippen LogP contribution in [0.3, 0.4) is 0 Å². The van der Waals surface area contributed by atoms with E-state index in [1.54, 1.807) is 0 Å². The van der Waals surface area contributed by atoms with E-state index in [9.17, 15) is 24.0 Å². The zero-order chi connectivity index (χ0) is 24.1. The third-order valence-electron chi connectivity index (χ3n) is 4.40. The number of nitro benzene ring substituents is 1. The van der Waals surface area contributed by atoms with Crippen LogP contribution in [-0.4, -0.2) is 66.8 Å². The van der Waals surface area contributed by atoms with Crippen LogP contribution in [0.4, 0.5) is 11.4 Å². The van der Waals surface area contributed by atoms with Gasteiger partial charge in [-0.2, -0.15) is 0 Å². The van der Waals surface area contributed by atoms with Gasteiger partial charge in [0, 0.05) is 31.4 Å². The van der Waals surface area contributed by atoms with Crippen LogP contribution in [0.15, 0.2) is 23.3 Å². The Morgan fingerprint density at radius 2 is 1.91 bits per heavy atom. The summed E-state index contributed by atoms with van der Waals surface area (Å²) in [5, 5.41) is 19.3. The topological polar surface area (TPSA) is 246 Å². The first-order valence-electron chi connectivity index (χ1n) is 9.03. The largest absolute Gasteiger partial charge is 0.706 e. The molecule has 0 spiro atoms. The summed E-state index contributed by atoms with van der Waals surface area (Å²) < 4.78 is 27.9. The molecule has 2 unspecified atom stereocenters. The number of nitrogens with one attached hydrogen (secondary N) is 2. The molecule has 2 atom stereocenters. The number of amides is 1. The van der Waals surface area contributed by atoms with Gasteiger partial charge in [-0.05, 0) is 25.0 Å². The van der Waals surface area contributed by atoms with E-state index in [4.69, 9.17) is 29.8 Å². The first kappa shape index (κ1) is 26.1. The third kappa shape index (κ3) is 7.20. The lowest BCUT2D eigenvalue weighted by Crippen LogP contribution is -2.38. The molecule has 178 valence electrons. The zero-order valence-electron chi connectivity index (χ0n) is 16.3. The number of benzene rings is 1.